The number of nitrogens with two attached hydrogens (primary N) is 1. The standard InChI is InChI=1S/C8H13N5O/c1-12-3-4-13(2)6-5(12)7(14)11-8(9)10-6/h3-4H2,1-2H3,(H3,9,10,11,14). The molecule has 0 spiro atoms. The van der Waals surface area contributed by atoms with Gasteiger partial charge in [-0.25, -0.2) is 0 Å². The lowest BCUT2D eigenvalue weighted by molar-refractivity contribution is 0.773. The predicted molar refractivity (Wildman–Crippen MR) is 55.8 cm³/mol. The number of likely N-dealkylation sites (N-methyl/N-ethyl adjacent to an activating group) is 2. The molecule has 0 amide bonds. The maximum absolute atomic E-state index is 11.6. The van der Waals surface area contributed by atoms with Crippen LogP contribution in [-0.2, 0) is 0 Å². The first-order chi connectivity index (χ1) is 6.59. The van der Waals surface area contributed by atoms with Gasteiger partial charge in [0.05, 0.1) is 0 Å². The second kappa shape index (κ2) is 2.90. The van der Waals surface area contributed by atoms with Crippen LogP contribution in [0, 0.1) is 0 Å². The van der Waals surface area contributed by atoms with E-state index in [0.29, 0.717) is 11.5 Å². The van der Waals surface area contributed by atoms with Crippen LogP contribution in [0.3, 0.4) is 0 Å². The van der Waals surface area contributed by atoms with Gasteiger partial charge in [-0.2, -0.15) is 4.98 Å². The summed E-state index contributed by atoms with van der Waals surface area (Å²) in [7, 11) is 3.77. The Morgan fingerprint density at radius 1 is 1.36 bits per heavy atom. The SMILES string of the molecule is CN1CCN(C)c2c1nc(N)[nH]c2=O. The molecule has 2 heterocycles. The molecule has 0 atom stereocenters. The Bertz CT molecular complexity index is 413. The van der Waals surface area contributed by atoms with E-state index in [1.54, 1.807) is 0 Å². The minimum atomic E-state index is -0.179. The summed E-state index contributed by atoms with van der Waals surface area (Å²) >= 11 is 0. The van der Waals surface area contributed by atoms with Crippen LogP contribution in [0.15, 0.2) is 4.79 Å². The van der Waals surface area contributed by atoms with Crippen molar-refractivity contribution >= 4 is 17.5 Å². The molecule has 3 N–H and O–H groups in total. The average Bonchev–Trinajstić information content (AvgIpc) is 2.10. The number of fused-ring (bicyclic) bond motifs is 1. The zero-order valence-corrected chi connectivity index (χ0v) is 8.24. The molecule has 0 saturated heterocycles. The number of hydrogen-bond acceptors (Lipinski definition) is 5. The molecule has 6 heteroatoms. The molecule has 1 aromatic rings. The first-order valence-corrected chi connectivity index (χ1v) is 4.41. The first-order valence-electron chi connectivity index (χ1n) is 4.41. The molecule has 0 aliphatic carbocycles. The van der Waals surface area contributed by atoms with Crippen molar-refractivity contribution < 1.29 is 0 Å². The number of rotatable bonds is 0. The van der Waals surface area contributed by atoms with Crippen molar-refractivity contribution in [3.63, 3.8) is 0 Å². The zero-order chi connectivity index (χ0) is 10.3. The van der Waals surface area contributed by atoms with Gasteiger partial charge in [-0.05, 0) is 0 Å². The summed E-state index contributed by atoms with van der Waals surface area (Å²) in [5.41, 5.74) is 5.89. The van der Waals surface area contributed by atoms with Gasteiger partial charge in [0.1, 0.15) is 5.69 Å². The third-order valence-electron chi connectivity index (χ3n) is 2.41. The van der Waals surface area contributed by atoms with Crippen LogP contribution < -0.4 is 21.1 Å². The number of aromatic amines is 1. The van der Waals surface area contributed by atoms with E-state index in [4.69, 9.17) is 5.73 Å². The third kappa shape index (κ3) is 1.19. The smallest absolute Gasteiger partial charge is 0.278 e. The van der Waals surface area contributed by atoms with Gasteiger partial charge in [-0.1, -0.05) is 0 Å². The number of anilines is 3. The zero-order valence-electron chi connectivity index (χ0n) is 8.24. The molecule has 0 saturated carbocycles. The minimum Gasteiger partial charge on any atom is -0.369 e. The van der Waals surface area contributed by atoms with Gasteiger partial charge in [0.2, 0.25) is 5.95 Å². The number of nitrogen functional groups attached to an aromatic ring is 1. The van der Waals surface area contributed by atoms with Crippen molar-refractivity contribution in [2.24, 2.45) is 0 Å². The Hall–Kier alpha value is -1.72. The number of H-pyrrole nitrogens is 1. The number of hydrogen-bond donors (Lipinski definition) is 2. The Morgan fingerprint density at radius 2 is 2.00 bits per heavy atom. The molecule has 6 nitrogen and oxygen atoms in total. The van der Waals surface area contributed by atoms with Gasteiger partial charge in [0.15, 0.2) is 5.82 Å². The lowest BCUT2D eigenvalue weighted by Crippen LogP contribution is -2.41. The molecule has 76 valence electrons. The highest BCUT2D eigenvalue weighted by Gasteiger charge is 2.22. The van der Waals surface area contributed by atoms with Crippen molar-refractivity contribution in [2.45, 2.75) is 0 Å². The van der Waals surface area contributed by atoms with E-state index >= 15 is 0 Å². The molecular weight excluding hydrogens is 182 g/mol. The molecule has 2 rings (SSSR count). The summed E-state index contributed by atoms with van der Waals surface area (Å²) in [6.07, 6.45) is 0. The van der Waals surface area contributed by atoms with Crippen LogP contribution in [0.25, 0.3) is 0 Å². The molecule has 0 fully saturated rings. The van der Waals surface area contributed by atoms with Gasteiger partial charge in [0, 0.05) is 27.2 Å². The third-order valence-corrected chi connectivity index (χ3v) is 2.41. The van der Waals surface area contributed by atoms with Gasteiger partial charge >= 0.3 is 0 Å². The quantitative estimate of drug-likeness (QED) is 0.569. The summed E-state index contributed by atoms with van der Waals surface area (Å²) in [6, 6.07) is 0. The van der Waals surface area contributed by atoms with Crippen molar-refractivity contribution in [1.82, 2.24) is 9.97 Å². The molecule has 0 aromatic carbocycles. The van der Waals surface area contributed by atoms with E-state index in [0.717, 1.165) is 13.1 Å². The fourth-order valence-electron chi connectivity index (χ4n) is 1.60. The number of nitrogens with one attached hydrogen (secondary N) is 1. The van der Waals surface area contributed by atoms with E-state index in [2.05, 4.69) is 9.97 Å². The lowest BCUT2D eigenvalue weighted by atomic mass is 10.3. The molecule has 0 bridgehead atoms. The predicted octanol–water partition coefficient (Wildman–Crippen LogP) is -0.762. The topological polar surface area (TPSA) is 78.2 Å². The van der Waals surface area contributed by atoms with Crippen LogP contribution in [0.5, 0.6) is 0 Å². The van der Waals surface area contributed by atoms with Gasteiger partial charge in [-0.15, -0.1) is 0 Å². The lowest BCUT2D eigenvalue weighted by Gasteiger charge is -2.32. The van der Waals surface area contributed by atoms with Crippen molar-refractivity contribution in [1.29, 1.82) is 0 Å². The highest BCUT2D eigenvalue weighted by atomic mass is 16.1. The van der Waals surface area contributed by atoms with Gasteiger partial charge in [-0.3, -0.25) is 9.78 Å². The summed E-state index contributed by atoms with van der Waals surface area (Å²) in [6.45, 7) is 1.66. The van der Waals surface area contributed by atoms with Crippen molar-refractivity contribution in [2.75, 3.05) is 42.7 Å². The van der Waals surface area contributed by atoms with Crippen LogP contribution >= 0.6 is 0 Å². The molecule has 1 aliphatic rings. The summed E-state index contributed by atoms with van der Waals surface area (Å²) < 4.78 is 0. The first kappa shape index (κ1) is 8.86. The Kier molecular flexibility index (Phi) is 1.83. The second-order valence-electron chi connectivity index (χ2n) is 3.47. The van der Waals surface area contributed by atoms with E-state index in [9.17, 15) is 4.79 Å². The molecule has 0 radical (unpaired) electrons. The van der Waals surface area contributed by atoms with E-state index in [-0.39, 0.29) is 11.5 Å². The summed E-state index contributed by atoms with van der Waals surface area (Å²) in [5.74, 6) is 0.816. The maximum atomic E-state index is 11.6. The fourth-order valence-corrected chi connectivity index (χ4v) is 1.60. The normalized spacial score (nSPS) is 15.6. The Morgan fingerprint density at radius 3 is 2.71 bits per heavy atom. The second-order valence-corrected chi connectivity index (χ2v) is 3.47. The number of aromatic nitrogens is 2. The van der Waals surface area contributed by atoms with Gasteiger partial charge in [0.25, 0.3) is 5.56 Å². The summed E-state index contributed by atoms with van der Waals surface area (Å²) in [4.78, 5) is 22.0. The van der Waals surface area contributed by atoms with Crippen LogP contribution in [0.2, 0.25) is 0 Å². The molecule has 1 aromatic heterocycles. The van der Waals surface area contributed by atoms with E-state index in [1.165, 1.54) is 0 Å². The van der Waals surface area contributed by atoms with Crippen LogP contribution in [0.1, 0.15) is 0 Å². The maximum Gasteiger partial charge on any atom is 0.278 e. The largest absolute Gasteiger partial charge is 0.369 e. The molecular formula is C8H13N5O. The molecule has 1 aliphatic heterocycles. The van der Waals surface area contributed by atoms with Crippen molar-refractivity contribution in [3.8, 4) is 0 Å². The highest BCUT2D eigenvalue weighted by molar-refractivity contribution is 5.68. The Balaban J connectivity index is 2.67. The number of nitrogens with zero attached hydrogens (tertiary/aromatic N) is 3. The average molecular weight is 195 g/mol. The highest BCUT2D eigenvalue weighted by Crippen LogP contribution is 2.24. The van der Waals surface area contributed by atoms with Crippen molar-refractivity contribution in [3.05, 3.63) is 10.4 Å². The Labute approximate surface area is 81.3 Å². The minimum absolute atomic E-state index is 0.163. The van der Waals surface area contributed by atoms with E-state index < -0.39 is 0 Å². The van der Waals surface area contributed by atoms with E-state index in [1.807, 2.05) is 23.9 Å². The fraction of sp³-hybridized carbons (Fsp3) is 0.500. The molecule has 14 heavy (non-hydrogen) atoms. The monoisotopic (exact) mass is 195 g/mol. The van der Waals surface area contributed by atoms with Gasteiger partial charge < -0.3 is 15.5 Å². The molecule has 0 unspecified atom stereocenters. The van der Waals surface area contributed by atoms with Crippen LogP contribution in [-0.4, -0.2) is 37.2 Å². The van der Waals surface area contributed by atoms with Crippen LogP contribution in [0.4, 0.5) is 17.5 Å². The summed E-state index contributed by atoms with van der Waals surface area (Å²) in [5, 5.41) is 0.